The molecule has 5 rings (SSSR count). The maximum Gasteiger partial charge on any atom is 0.407 e. The zero-order valence-corrected chi connectivity index (χ0v) is 22.6. The molecule has 204 valence electrons. The normalized spacial score (nSPS) is 17.0. The van der Waals surface area contributed by atoms with E-state index in [0.717, 1.165) is 47.5 Å². The lowest BCUT2D eigenvalue weighted by Gasteiger charge is -2.30. The molecule has 1 aromatic carbocycles. The van der Waals surface area contributed by atoms with Crippen molar-refractivity contribution in [1.29, 1.82) is 0 Å². The first-order valence-electron chi connectivity index (χ1n) is 13.2. The topological polar surface area (TPSA) is 133 Å². The number of ether oxygens (including phenoxy) is 2. The number of carbonyl (C=O) groups is 2. The number of Topliss-reactive ketones (excluding diaryl/α,β-unsaturated/α-hetero) is 1. The van der Waals surface area contributed by atoms with E-state index in [1.165, 1.54) is 0 Å². The fourth-order valence-corrected chi connectivity index (χ4v) is 5.02. The minimum absolute atomic E-state index is 0.0418. The van der Waals surface area contributed by atoms with Crippen molar-refractivity contribution >= 4 is 23.4 Å². The summed E-state index contributed by atoms with van der Waals surface area (Å²) in [5.74, 6) is -0.115. The molecular formula is C29H34N6O4. The molecule has 1 aliphatic heterocycles. The number of morpholine rings is 1. The molecule has 10 nitrogen and oxygen atoms in total. The second-order valence-electron chi connectivity index (χ2n) is 10.9. The van der Waals surface area contributed by atoms with Crippen molar-refractivity contribution in [2.24, 2.45) is 0 Å². The molecule has 2 aliphatic rings. The molecule has 1 aliphatic carbocycles. The van der Waals surface area contributed by atoms with Crippen LogP contribution in [0.4, 0.5) is 16.3 Å². The van der Waals surface area contributed by atoms with Crippen LogP contribution in [0.3, 0.4) is 0 Å². The van der Waals surface area contributed by atoms with Crippen LogP contribution in [0.15, 0.2) is 42.9 Å². The van der Waals surface area contributed by atoms with E-state index in [0.29, 0.717) is 25.3 Å². The Kier molecular flexibility index (Phi) is 7.47. The van der Waals surface area contributed by atoms with Gasteiger partial charge in [-0.15, -0.1) is 0 Å². The zero-order valence-electron chi connectivity index (χ0n) is 22.6. The van der Waals surface area contributed by atoms with Gasteiger partial charge in [0.2, 0.25) is 0 Å². The number of aromatic nitrogens is 3. The molecule has 3 aromatic rings. The number of nitrogens with two attached hydrogens (primary N) is 1. The van der Waals surface area contributed by atoms with E-state index in [4.69, 9.17) is 15.2 Å². The van der Waals surface area contributed by atoms with Crippen LogP contribution in [-0.2, 0) is 28.7 Å². The third kappa shape index (κ3) is 6.34. The van der Waals surface area contributed by atoms with E-state index in [2.05, 4.69) is 25.2 Å². The zero-order chi connectivity index (χ0) is 27.6. The first-order valence-corrected chi connectivity index (χ1v) is 13.2. The number of carbonyl (C=O) groups excluding carboxylic acids is 2. The molecule has 1 saturated heterocycles. The van der Waals surface area contributed by atoms with Gasteiger partial charge in [0.1, 0.15) is 11.3 Å². The SMILES string of the molecule is CC(C)(C)OC(=O)NC1Cc2ccc(-c3cnc(N)c(C(=O)Cc4cnccc4N4CCOCC4)n3)cc2C1. The molecule has 1 atom stereocenters. The average molecular weight is 531 g/mol. The molecule has 10 heteroatoms. The maximum absolute atomic E-state index is 13.4. The van der Waals surface area contributed by atoms with Crippen LogP contribution in [0, 0.1) is 0 Å². The van der Waals surface area contributed by atoms with Gasteiger partial charge in [-0.1, -0.05) is 12.1 Å². The fourth-order valence-electron chi connectivity index (χ4n) is 5.02. The molecule has 1 amide bonds. The van der Waals surface area contributed by atoms with Crippen molar-refractivity contribution in [1.82, 2.24) is 20.3 Å². The molecule has 0 spiro atoms. The van der Waals surface area contributed by atoms with Crippen LogP contribution in [-0.4, -0.2) is 64.8 Å². The third-order valence-electron chi connectivity index (χ3n) is 6.80. The van der Waals surface area contributed by atoms with E-state index in [-0.39, 0.29) is 29.8 Å². The highest BCUT2D eigenvalue weighted by Crippen LogP contribution is 2.29. The van der Waals surface area contributed by atoms with Crippen LogP contribution in [0.1, 0.15) is 48.0 Å². The molecule has 1 fully saturated rings. The minimum atomic E-state index is -0.549. The number of rotatable bonds is 6. The van der Waals surface area contributed by atoms with Crippen molar-refractivity contribution in [3.63, 3.8) is 0 Å². The van der Waals surface area contributed by atoms with Crippen molar-refractivity contribution in [2.45, 2.75) is 51.7 Å². The first kappa shape index (κ1) is 26.6. The van der Waals surface area contributed by atoms with Gasteiger partial charge >= 0.3 is 6.09 Å². The highest BCUT2D eigenvalue weighted by atomic mass is 16.6. The Labute approximate surface area is 228 Å². The van der Waals surface area contributed by atoms with E-state index in [1.54, 1.807) is 18.6 Å². The summed E-state index contributed by atoms with van der Waals surface area (Å²) in [5.41, 5.74) is 11.2. The molecule has 3 heterocycles. The number of hydrogen-bond acceptors (Lipinski definition) is 9. The Morgan fingerprint density at radius 1 is 1.13 bits per heavy atom. The van der Waals surface area contributed by atoms with Crippen LogP contribution < -0.4 is 16.0 Å². The summed E-state index contributed by atoms with van der Waals surface area (Å²) in [5, 5.41) is 2.96. The van der Waals surface area contributed by atoms with Crippen LogP contribution >= 0.6 is 0 Å². The quantitative estimate of drug-likeness (QED) is 0.460. The Bertz CT molecular complexity index is 1380. The van der Waals surface area contributed by atoms with Gasteiger partial charge in [0.05, 0.1) is 25.1 Å². The summed E-state index contributed by atoms with van der Waals surface area (Å²) < 4.78 is 10.9. The number of nitrogens with zero attached hydrogens (tertiary/aromatic N) is 4. The first-order chi connectivity index (χ1) is 18.7. The van der Waals surface area contributed by atoms with Gasteiger partial charge < -0.3 is 25.4 Å². The number of alkyl carbamates (subject to hydrolysis) is 1. The van der Waals surface area contributed by atoms with Crippen LogP contribution in [0.5, 0.6) is 0 Å². The molecule has 2 aromatic heterocycles. The van der Waals surface area contributed by atoms with Crippen molar-refractivity contribution < 1.29 is 19.1 Å². The lowest BCUT2D eigenvalue weighted by Crippen LogP contribution is -2.39. The van der Waals surface area contributed by atoms with Crippen molar-refractivity contribution in [3.8, 4) is 11.3 Å². The standard InChI is InChI=1S/C29H34N6O4/c1-29(2,3)39-28(37)33-22-13-18-4-5-19(12-20(18)14-22)23-17-32-27(30)26(34-23)25(36)15-21-16-31-7-6-24(21)35-8-10-38-11-9-35/h4-7,12,16-17,22H,8-11,13-15H2,1-3H3,(H2,30,32)(H,33,37). The number of amides is 1. The lowest BCUT2D eigenvalue weighted by atomic mass is 10.0. The number of hydrogen-bond donors (Lipinski definition) is 2. The Hall–Kier alpha value is -4.05. The molecule has 39 heavy (non-hydrogen) atoms. The highest BCUT2D eigenvalue weighted by Gasteiger charge is 2.26. The van der Waals surface area contributed by atoms with Gasteiger partial charge in [0, 0.05) is 54.8 Å². The molecule has 3 N–H and O–H groups in total. The molecule has 1 unspecified atom stereocenters. The van der Waals surface area contributed by atoms with Gasteiger partial charge in [-0.05, 0) is 56.9 Å². The predicted octanol–water partition coefficient (Wildman–Crippen LogP) is 3.37. The van der Waals surface area contributed by atoms with Crippen molar-refractivity contribution in [2.75, 3.05) is 36.9 Å². The number of benzene rings is 1. The summed E-state index contributed by atoms with van der Waals surface area (Å²) in [4.78, 5) is 41.0. The molecular weight excluding hydrogens is 496 g/mol. The maximum atomic E-state index is 13.4. The molecule has 0 radical (unpaired) electrons. The predicted molar refractivity (Wildman–Crippen MR) is 148 cm³/mol. The molecule has 0 bridgehead atoms. The smallest absolute Gasteiger partial charge is 0.407 e. The van der Waals surface area contributed by atoms with E-state index < -0.39 is 11.7 Å². The Morgan fingerprint density at radius 3 is 2.67 bits per heavy atom. The van der Waals surface area contributed by atoms with Gasteiger partial charge in [-0.2, -0.15) is 0 Å². The molecule has 0 saturated carbocycles. The summed E-state index contributed by atoms with van der Waals surface area (Å²) in [6, 6.07) is 7.92. The van der Waals surface area contributed by atoms with Crippen molar-refractivity contribution in [3.05, 3.63) is 65.2 Å². The monoisotopic (exact) mass is 530 g/mol. The summed E-state index contributed by atoms with van der Waals surface area (Å²) in [6.07, 6.45) is 6.14. The summed E-state index contributed by atoms with van der Waals surface area (Å²) in [7, 11) is 0. The van der Waals surface area contributed by atoms with Crippen LogP contribution in [0.25, 0.3) is 11.3 Å². The summed E-state index contributed by atoms with van der Waals surface area (Å²) >= 11 is 0. The third-order valence-corrected chi connectivity index (χ3v) is 6.80. The fraction of sp³-hybridized carbons (Fsp3) is 0.414. The summed E-state index contributed by atoms with van der Waals surface area (Å²) in [6.45, 7) is 8.34. The number of ketones is 1. The van der Waals surface area contributed by atoms with E-state index in [9.17, 15) is 9.59 Å². The van der Waals surface area contributed by atoms with Crippen LogP contribution in [0.2, 0.25) is 0 Å². The van der Waals surface area contributed by atoms with Gasteiger partial charge in [0.15, 0.2) is 11.6 Å². The largest absolute Gasteiger partial charge is 0.444 e. The number of anilines is 2. The highest BCUT2D eigenvalue weighted by molar-refractivity contribution is 6.00. The Balaban J connectivity index is 1.32. The minimum Gasteiger partial charge on any atom is -0.444 e. The van der Waals surface area contributed by atoms with E-state index >= 15 is 0 Å². The Morgan fingerprint density at radius 2 is 1.90 bits per heavy atom. The van der Waals surface area contributed by atoms with E-state index in [1.807, 2.05) is 45.0 Å². The van der Waals surface area contributed by atoms with Gasteiger partial charge in [0.25, 0.3) is 0 Å². The van der Waals surface area contributed by atoms with Gasteiger partial charge in [-0.3, -0.25) is 9.78 Å². The number of nitrogens with one attached hydrogen (secondary N) is 1. The second kappa shape index (κ2) is 11.0. The number of fused-ring (bicyclic) bond motifs is 1. The number of nitrogen functional groups attached to an aromatic ring is 1. The lowest BCUT2D eigenvalue weighted by molar-refractivity contribution is 0.0506. The average Bonchev–Trinajstić information content (AvgIpc) is 3.30. The number of pyridine rings is 1. The second-order valence-corrected chi connectivity index (χ2v) is 10.9. The van der Waals surface area contributed by atoms with Gasteiger partial charge in [-0.25, -0.2) is 14.8 Å².